The second-order valence-corrected chi connectivity index (χ2v) is 6.59. The van der Waals surface area contributed by atoms with Crippen LogP contribution in [0.4, 0.5) is 0 Å². The fourth-order valence-electron chi connectivity index (χ4n) is 1.21. The first-order valence-electron chi connectivity index (χ1n) is 4.49. The molecular weight excluding hydrogens is 325 g/mol. The normalized spacial score (nSPS) is 11.8. The molecule has 0 aliphatic rings. The van der Waals surface area contributed by atoms with Crippen LogP contribution in [0.1, 0.15) is 0 Å². The molecule has 100 valence electrons. The van der Waals surface area contributed by atoms with Crippen LogP contribution >= 0.6 is 34.8 Å². The van der Waals surface area contributed by atoms with E-state index in [1.807, 2.05) is 0 Å². The second-order valence-electron chi connectivity index (χ2n) is 3.35. The van der Waals surface area contributed by atoms with Crippen LogP contribution in [0.3, 0.4) is 0 Å². The third-order valence-electron chi connectivity index (χ3n) is 1.99. The SMILES string of the molecule is CN(CC(=O)O)S(=O)(=O)c1c(Cl)cc(Cl)cc1Cl. The van der Waals surface area contributed by atoms with Crippen molar-refractivity contribution in [2.75, 3.05) is 13.6 Å². The summed E-state index contributed by atoms with van der Waals surface area (Å²) < 4.78 is 24.8. The summed E-state index contributed by atoms with van der Waals surface area (Å²) in [6.45, 7) is -0.697. The largest absolute Gasteiger partial charge is 0.480 e. The number of nitrogens with zero attached hydrogens (tertiary/aromatic N) is 1. The molecular formula is C9H8Cl3NO4S. The number of carboxylic acid groups (broad SMARTS) is 1. The van der Waals surface area contributed by atoms with Crippen LogP contribution in [0.25, 0.3) is 0 Å². The number of carbonyl (C=O) groups is 1. The van der Waals surface area contributed by atoms with E-state index in [4.69, 9.17) is 39.9 Å². The average Bonchev–Trinajstić information content (AvgIpc) is 2.13. The summed E-state index contributed by atoms with van der Waals surface area (Å²) in [6.07, 6.45) is 0. The van der Waals surface area contributed by atoms with Gasteiger partial charge in [0.2, 0.25) is 10.0 Å². The van der Waals surface area contributed by atoms with Crippen LogP contribution in [0.15, 0.2) is 17.0 Å². The third-order valence-corrected chi connectivity index (χ3v) is 4.93. The molecule has 0 aromatic heterocycles. The van der Waals surface area contributed by atoms with Gasteiger partial charge in [0, 0.05) is 12.1 Å². The number of aliphatic carboxylic acids is 1. The van der Waals surface area contributed by atoms with Gasteiger partial charge in [0.1, 0.15) is 11.4 Å². The minimum absolute atomic E-state index is 0.162. The maximum absolute atomic E-state index is 12.1. The fraction of sp³-hybridized carbons (Fsp3) is 0.222. The van der Waals surface area contributed by atoms with Crippen LogP contribution in [0.2, 0.25) is 15.1 Å². The molecule has 0 radical (unpaired) electrons. The van der Waals surface area contributed by atoms with Crippen LogP contribution in [0, 0.1) is 0 Å². The Hall–Kier alpha value is -0.530. The Bertz CT molecular complexity index is 564. The summed E-state index contributed by atoms with van der Waals surface area (Å²) in [4.78, 5) is 10.2. The zero-order valence-corrected chi connectivity index (χ0v) is 12.1. The van der Waals surface area contributed by atoms with E-state index in [1.54, 1.807) is 0 Å². The van der Waals surface area contributed by atoms with Gasteiger partial charge in [-0.15, -0.1) is 0 Å². The van der Waals surface area contributed by atoms with Gasteiger partial charge in [-0.2, -0.15) is 4.31 Å². The van der Waals surface area contributed by atoms with Crippen molar-refractivity contribution in [1.29, 1.82) is 0 Å². The molecule has 1 N–H and O–H groups in total. The first-order chi connectivity index (χ1) is 8.16. The molecule has 0 unspecified atom stereocenters. The first-order valence-corrected chi connectivity index (χ1v) is 7.06. The highest BCUT2D eigenvalue weighted by atomic mass is 35.5. The van der Waals surface area contributed by atoms with Gasteiger partial charge >= 0.3 is 5.97 Å². The maximum atomic E-state index is 12.1. The highest BCUT2D eigenvalue weighted by molar-refractivity contribution is 7.89. The Morgan fingerprint density at radius 2 is 1.72 bits per heavy atom. The molecule has 18 heavy (non-hydrogen) atoms. The number of sulfonamides is 1. The summed E-state index contributed by atoms with van der Waals surface area (Å²) in [5.41, 5.74) is 0. The minimum Gasteiger partial charge on any atom is -0.480 e. The van der Waals surface area contributed by atoms with Crippen molar-refractivity contribution in [3.8, 4) is 0 Å². The molecule has 0 amide bonds. The first kappa shape index (κ1) is 15.5. The Morgan fingerprint density at radius 3 is 2.11 bits per heavy atom. The minimum atomic E-state index is -4.08. The quantitative estimate of drug-likeness (QED) is 0.918. The summed E-state index contributed by atoms with van der Waals surface area (Å²) in [7, 11) is -2.97. The van der Waals surface area contributed by atoms with Crippen LogP contribution in [-0.4, -0.2) is 37.4 Å². The molecule has 0 atom stereocenters. The topological polar surface area (TPSA) is 74.7 Å². The lowest BCUT2D eigenvalue weighted by atomic mass is 10.4. The van der Waals surface area contributed by atoms with Gasteiger partial charge in [-0.1, -0.05) is 34.8 Å². The van der Waals surface area contributed by atoms with E-state index in [-0.39, 0.29) is 20.0 Å². The Labute approximate surface area is 119 Å². The molecule has 0 saturated heterocycles. The number of likely N-dealkylation sites (N-methyl/N-ethyl adjacent to an activating group) is 1. The number of halogens is 3. The molecule has 0 bridgehead atoms. The number of hydrogen-bond donors (Lipinski definition) is 1. The molecule has 0 aliphatic carbocycles. The van der Waals surface area contributed by atoms with Crippen LogP contribution < -0.4 is 0 Å². The highest BCUT2D eigenvalue weighted by Crippen LogP contribution is 2.34. The van der Waals surface area contributed by atoms with Gasteiger partial charge in [-0.05, 0) is 12.1 Å². The lowest BCUT2D eigenvalue weighted by Crippen LogP contribution is -2.32. The van der Waals surface area contributed by atoms with Gasteiger partial charge in [-0.3, -0.25) is 4.79 Å². The fourth-order valence-corrected chi connectivity index (χ4v) is 3.81. The van der Waals surface area contributed by atoms with E-state index in [0.717, 1.165) is 7.05 Å². The molecule has 9 heteroatoms. The Kier molecular flexibility index (Phi) is 4.85. The molecule has 0 spiro atoms. The highest BCUT2D eigenvalue weighted by Gasteiger charge is 2.28. The number of carboxylic acids is 1. The Balaban J connectivity index is 3.33. The van der Waals surface area contributed by atoms with Gasteiger partial charge in [-0.25, -0.2) is 8.42 Å². The standard InChI is InChI=1S/C9H8Cl3NO4S/c1-13(4-8(14)15)18(16,17)9-6(11)2-5(10)3-7(9)12/h2-3H,4H2,1H3,(H,14,15). The van der Waals surface area contributed by atoms with E-state index in [1.165, 1.54) is 12.1 Å². The van der Waals surface area contributed by atoms with Crippen molar-refractivity contribution < 1.29 is 18.3 Å². The van der Waals surface area contributed by atoms with E-state index in [9.17, 15) is 13.2 Å². The number of benzene rings is 1. The van der Waals surface area contributed by atoms with Crippen molar-refractivity contribution in [2.45, 2.75) is 4.90 Å². The van der Waals surface area contributed by atoms with Gasteiger partial charge < -0.3 is 5.11 Å². The number of hydrogen-bond acceptors (Lipinski definition) is 3. The monoisotopic (exact) mass is 331 g/mol. The van der Waals surface area contributed by atoms with Gasteiger partial charge in [0.05, 0.1) is 10.0 Å². The molecule has 0 saturated carbocycles. The molecule has 0 heterocycles. The van der Waals surface area contributed by atoms with E-state index in [2.05, 4.69) is 0 Å². The van der Waals surface area contributed by atoms with E-state index in [0.29, 0.717) is 4.31 Å². The molecule has 1 rings (SSSR count). The van der Waals surface area contributed by atoms with Crippen LogP contribution in [0.5, 0.6) is 0 Å². The molecule has 1 aromatic rings. The van der Waals surface area contributed by atoms with Gasteiger partial charge in [0.15, 0.2) is 0 Å². The maximum Gasteiger partial charge on any atom is 0.318 e. The van der Waals surface area contributed by atoms with Crippen molar-refractivity contribution in [3.05, 3.63) is 27.2 Å². The lowest BCUT2D eigenvalue weighted by molar-refractivity contribution is -0.137. The van der Waals surface area contributed by atoms with Crippen LogP contribution in [-0.2, 0) is 14.8 Å². The number of rotatable bonds is 4. The summed E-state index contributed by atoms with van der Waals surface area (Å²) in [5, 5.41) is 8.44. The van der Waals surface area contributed by atoms with Crippen molar-refractivity contribution in [1.82, 2.24) is 4.31 Å². The predicted octanol–water partition coefficient (Wildman–Crippen LogP) is 2.35. The summed E-state index contributed by atoms with van der Waals surface area (Å²) in [6, 6.07) is 2.44. The smallest absolute Gasteiger partial charge is 0.318 e. The molecule has 1 aromatic carbocycles. The lowest BCUT2D eigenvalue weighted by Gasteiger charge is -2.17. The molecule has 5 nitrogen and oxygen atoms in total. The summed E-state index contributed by atoms with van der Waals surface area (Å²) in [5.74, 6) is -1.29. The van der Waals surface area contributed by atoms with Crippen molar-refractivity contribution >= 4 is 50.8 Å². The zero-order chi connectivity index (χ0) is 14.1. The second kappa shape index (κ2) is 5.63. The van der Waals surface area contributed by atoms with Gasteiger partial charge in [0.25, 0.3) is 0 Å². The van der Waals surface area contributed by atoms with E-state index < -0.39 is 22.5 Å². The van der Waals surface area contributed by atoms with E-state index >= 15 is 0 Å². The zero-order valence-electron chi connectivity index (χ0n) is 9.02. The Morgan fingerprint density at radius 1 is 1.28 bits per heavy atom. The van der Waals surface area contributed by atoms with Crippen molar-refractivity contribution in [2.24, 2.45) is 0 Å². The molecule has 0 aliphatic heterocycles. The molecule has 0 fully saturated rings. The van der Waals surface area contributed by atoms with Crippen molar-refractivity contribution in [3.63, 3.8) is 0 Å². The predicted molar refractivity (Wildman–Crippen MR) is 68.9 cm³/mol. The third kappa shape index (κ3) is 3.27. The average molecular weight is 333 g/mol. The summed E-state index contributed by atoms with van der Waals surface area (Å²) >= 11 is 17.2.